The molecule has 5 heteroatoms. The van der Waals surface area contributed by atoms with E-state index in [2.05, 4.69) is 0 Å². The van der Waals surface area contributed by atoms with E-state index in [1.807, 2.05) is 0 Å². The SMILES string of the molecule is O=C1OC(CCO)CN1c1cccc(F)c1. The van der Waals surface area contributed by atoms with E-state index in [0.29, 0.717) is 18.7 Å². The van der Waals surface area contributed by atoms with Gasteiger partial charge in [0.05, 0.1) is 12.2 Å². The molecule has 2 rings (SSSR count). The van der Waals surface area contributed by atoms with Gasteiger partial charge in [-0.15, -0.1) is 0 Å². The number of ether oxygens (including phenoxy) is 1. The van der Waals surface area contributed by atoms with E-state index >= 15 is 0 Å². The molecule has 1 N–H and O–H groups in total. The van der Waals surface area contributed by atoms with Gasteiger partial charge in [0, 0.05) is 13.0 Å². The van der Waals surface area contributed by atoms with Gasteiger partial charge in [0.2, 0.25) is 0 Å². The number of anilines is 1. The summed E-state index contributed by atoms with van der Waals surface area (Å²) in [7, 11) is 0. The first-order valence-electron chi connectivity index (χ1n) is 5.05. The number of hydrogen-bond donors (Lipinski definition) is 1. The lowest BCUT2D eigenvalue weighted by Crippen LogP contribution is -2.24. The van der Waals surface area contributed by atoms with Crippen LogP contribution < -0.4 is 4.90 Å². The van der Waals surface area contributed by atoms with E-state index in [1.165, 1.54) is 23.1 Å². The number of amides is 1. The molecule has 1 amide bonds. The number of benzene rings is 1. The fourth-order valence-electron chi connectivity index (χ4n) is 1.67. The second-order valence-corrected chi connectivity index (χ2v) is 3.61. The molecule has 4 nitrogen and oxygen atoms in total. The predicted molar refractivity (Wildman–Crippen MR) is 55.7 cm³/mol. The number of cyclic esters (lactones) is 1. The maximum atomic E-state index is 13.0. The molecule has 1 saturated heterocycles. The van der Waals surface area contributed by atoms with Crippen molar-refractivity contribution in [3.8, 4) is 0 Å². The first kappa shape index (κ1) is 10.9. The van der Waals surface area contributed by atoms with Crippen molar-refractivity contribution in [3.63, 3.8) is 0 Å². The van der Waals surface area contributed by atoms with E-state index in [1.54, 1.807) is 6.07 Å². The summed E-state index contributed by atoms with van der Waals surface area (Å²) >= 11 is 0. The van der Waals surface area contributed by atoms with Crippen molar-refractivity contribution in [2.45, 2.75) is 12.5 Å². The standard InChI is InChI=1S/C11H12FNO3/c12-8-2-1-3-9(6-8)13-7-10(4-5-14)16-11(13)15/h1-3,6,10,14H,4-5,7H2. The van der Waals surface area contributed by atoms with Crippen LogP contribution in [-0.4, -0.2) is 30.5 Å². The van der Waals surface area contributed by atoms with Gasteiger partial charge in [-0.3, -0.25) is 4.90 Å². The molecule has 1 aliphatic heterocycles. The zero-order chi connectivity index (χ0) is 11.5. The van der Waals surface area contributed by atoms with Crippen LogP contribution in [0.25, 0.3) is 0 Å². The summed E-state index contributed by atoms with van der Waals surface area (Å²) in [5.74, 6) is -0.393. The lowest BCUT2D eigenvalue weighted by atomic mass is 10.2. The molecule has 1 unspecified atom stereocenters. The van der Waals surface area contributed by atoms with Gasteiger partial charge in [-0.1, -0.05) is 6.07 Å². The molecule has 16 heavy (non-hydrogen) atoms. The molecular weight excluding hydrogens is 213 g/mol. The van der Waals surface area contributed by atoms with Crippen molar-refractivity contribution in [2.24, 2.45) is 0 Å². The Morgan fingerprint density at radius 2 is 2.38 bits per heavy atom. The summed E-state index contributed by atoms with van der Waals surface area (Å²) in [6, 6.07) is 5.78. The number of halogens is 1. The van der Waals surface area contributed by atoms with E-state index < -0.39 is 11.9 Å². The molecule has 0 bridgehead atoms. The van der Waals surface area contributed by atoms with E-state index in [9.17, 15) is 9.18 Å². The number of nitrogens with zero attached hydrogens (tertiary/aromatic N) is 1. The van der Waals surface area contributed by atoms with Crippen LogP contribution in [-0.2, 0) is 4.74 Å². The summed E-state index contributed by atoms with van der Waals surface area (Å²) in [6.07, 6.45) is -0.415. The normalized spacial score (nSPS) is 20.0. The third kappa shape index (κ3) is 2.14. The van der Waals surface area contributed by atoms with Crippen LogP contribution in [0.3, 0.4) is 0 Å². The maximum absolute atomic E-state index is 13.0. The molecule has 1 aliphatic rings. The van der Waals surface area contributed by atoms with Crippen molar-refractivity contribution in [2.75, 3.05) is 18.1 Å². The van der Waals surface area contributed by atoms with Crippen LogP contribution in [0, 0.1) is 5.82 Å². The fraction of sp³-hybridized carbons (Fsp3) is 0.364. The van der Waals surface area contributed by atoms with Crippen molar-refractivity contribution in [1.82, 2.24) is 0 Å². The predicted octanol–water partition coefficient (Wildman–Crippen LogP) is 1.53. The van der Waals surface area contributed by atoms with E-state index in [-0.39, 0.29) is 12.7 Å². The fourth-order valence-corrected chi connectivity index (χ4v) is 1.67. The average Bonchev–Trinajstić information content (AvgIpc) is 2.60. The highest BCUT2D eigenvalue weighted by atomic mass is 19.1. The van der Waals surface area contributed by atoms with Crippen molar-refractivity contribution < 1.29 is 19.0 Å². The number of aliphatic hydroxyl groups is 1. The summed E-state index contributed by atoms with van der Waals surface area (Å²) in [5.41, 5.74) is 0.477. The molecule has 0 spiro atoms. The number of rotatable bonds is 3. The molecule has 1 heterocycles. The Morgan fingerprint density at radius 1 is 1.56 bits per heavy atom. The third-order valence-corrected chi connectivity index (χ3v) is 2.45. The lowest BCUT2D eigenvalue weighted by molar-refractivity contribution is 0.122. The number of carbonyl (C=O) groups excluding carboxylic acids is 1. The lowest BCUT2D eigenvalue weighted by Gasteiger charge is -2.12. The molecule has 1 atom stereocenters. The van der Waals surface area contributed by atoms with E-state index in [0.717, 1.165) is 0 Å². The van der Waals surface area contributed by atoms with Crippen LogP contribution in [0.5, 0.6) is 0 Å². The van der Waals surface area contributed by atoms with Gasteiger partial charge in [-0.05, 0) is 18.2 Å². The monoisotopic (exact) mass is 225 g/mol. The van der Waals surface area contributed by atoms with Crippen LogP contribution in [0.1, 0.15) is 6.42 Å². The molecule has 0 radical (unpaired) electrons. The number of carbonyl (C=O) groups is 1. The van der Waals surface area contributed by atoms with Crippen molar-refractivity contribution >= 4 is 11.8 Å². The third-order valence-electron chi connectivity index (χ3n) is 2.45. The van der Waals surface area contributed by atoms with Crippen LogP contribution in [0.15, 0.2) is 24.3 Å². The minimum atomic E-state index is -0.496. The van der Waals surface area contributed by atoms with E-state index in [4.69, 9.17) is 9.84 Å². The molecule has 0 saturated carbocycles. The first-order valence-corrected chi connectivity index (χ1v) is 5.05. The molecule has 86 valence electrons. The van der Waals surface area contributed by atoms with Crippen molar-refractivity contribution in [3.05, 3.63) is 30.1 Å². The van der Waals surface area contributed by atoms with Crippen molar-refractivity contribution in [1.29, 1.82) is 0 Å². The zero-order valence-electron chi connectivity index (χ0n) is 8.60. The van der Waals surface area contributed by atoms with Gasteiger partial charge < -0.3 is 9.84 Å². The van der Waals surface area contributed by atoms with Crippen LogP contribution in [0.2, 0.25) is 0 Å². The Kier molecular flexibility index (Phi) is 3.05. The summed E-state index contributed by atoms with van der Waals surface area (Å²) in [5, 5.41) is 8.74. The Hall–Kier alpha value is -1.62. The van der Waals surface area contributed by atoms with Gasteiger partial charge in [0.15, 0.2) is 0 Å². The summed E-state index contributed by atoms with van der Waals surface area (Å²) < 4.78 is 18.0. The number of aliphatic hydroxyl groups excluding tert-OH is 1. The van der Waals surface area contributed by atoms with Gasteiger partial charge >= 0.3 is 6.09 Å². The second kappa shape index (κ2) is 4.49. The topological polar surface area (TPSA) is 49.8 Å². The summed E-state index contributed by atoms with van der Waals surface area (Å²) in [6.45, 7) is 0.317. The summed E-state index contributed by atoms with van der Waals surface area (Å²) in [4.78, 5) is 12.8. The molecular formula is C11H12FNO3. The highest BCUT2D eigenvalue weighted by molar-refractivity contribution is 5.89. The van der Waals surface area contributed by atoms with Crippen LogP contribution in [0.4, 0.5) is 14.9 Å². The molecule has 1 fully saturated rings. The number of hydrogen-bond acceptors (Lipinski definition) is 3. The smallest absolute Gasteiger partial charge is 0.414 e. The average molecular weight is 225 g/mol. The Labute approximate surface area is 92.2 Å². The molecule has 1 aromatic rings. The molecule has 1 aromatic carbocycles. The quantitative estimate of drug-likeness (QED) is 0.848. The first-order chi connectivity index (χ1) is 7.70. The highest BCUT2D eigenvalue weighted by Gasteiger charge is 2.31. The second-order valence-electron chi connectivity index (χ2n) is 3.61. The van der Waals surface area contributed by atoms with Crippen LogP contribution >= 0.6 is 0 Å². The minimum Gasteiger partial charge on any atom is -0.444 e. The largest absolute Gasteiger partial charge is 0.444 e. The van der Waals surface area contributed by atoms with Gasteiger partial charge in [-0.25, -0.2) is 9.18 Å². The Bertz CT molecular complexity index is 397. The Balaban J connectivity index is 2.13. The Morgan fingerprint density at radius 3 is 3.06 bits per heavy atom. The highest BCUT2D eigenvalue weighted by Crippen LogP contribution is 2.23. The molecule has 0 aromatic heterocycles. The van der Waals surface area contributed by atoms with Gasteiger partial charge in [0.1, 0.15) is 11.9 Å². The maximum Gasteiger partial charge on any atom is 0.414 e. The molecule has 0 aliphatic carbocycles. The van der Waals surface area contributed by atoms with Gasteiger partial charge in [-0.2, -0.15) is 0 Å². The zero-order valence-corrected chi connectivity index (χ0v) is 8.60. The van der Waals surface area contributed by atoms with Gasteiger partial charge in [0.25, 0.3) is 0 Å². The minimum absolute atomic E-state index is 0.0328.